The minimum atomic E-state index is 0.215. The number of alkyl halides is 1. The van der Waals surface area contributed by atoms with Crippen LogP contribution in [0.4, 0.5) is 0 Å². The smallest absolute Gasteiger partial charge is 0.0667 e. The summed E-state index contributed by atoms with van der Waals surface area (Å²) < 4.78 is 10.0. The van der Waals surface area contributed by atoms with Crippen LogP contribution in [0.5, 0.6) is 0 Å². The molecule has 0 heterocycles. The molecule has 0 aliphatic heterocycles. The van der Waals surface area contributed by atoms with Gasteiger partial charge in [-0.3, -0.25) is 0 Å². The van der Waals surface area contributed by atoms with Gasteiger partial charge >= 0.3 is 0 Å². The molecule has 0 aromatic rings. The summed E-state index contributed by atoms with van der Waals surface area (Å²) in [7, 11) is 3.36. The molecule has 0 saturated heterocycles. The Labute approximate surface area is 79.4 Å². The molecule has 3 nitrogen and oxygen atoms in total. The highest BCUT2D eigenvalue weighted by molar-refractivity contribution is 6.18. The van der Waals surface area contributed by atoms with Crippen LogP contribution < -0.4 is 5.32 Å². The fourth-order valence-electron chi connectivity index (χ4n) is 0.775. The number of methoxy groups -OCH3 is 2. The number of hydrogen-bond donors (Lipinski definition) is 1. The van der Waals surface area contributed by atoms with Crippen LogP contribution in [0.15, 0.2) is 0 Å². The van der Waals surface area contributed by atoms with Crippen LogP contribution in [0.25, 0.3) is 0 Å². The molecule has 4 heteroatoms. The molecular formula is C8H18ClNO2. The van der Waals surface area contributed by atoms with Crippen LogP contribution >= 0.6 is 11.6 Å². The number of hydrogen-bond acceptors (Lipinski definition) is 3. The topological polar surface area (TPSA) is 30.5 Å². The average Bonchev–Trinajstić information content (AvgIpc) is 2.11. The second kappa shape index (κ2) is 7.80. The number of nitrogens with one attached hydrogen (secondary N) is 1. The lowest BCUT2D eigenvalue weighted by atomic mass is 10.3. The van der Waals surface area contributed by atoms with Crippen molar-refractivity contribution in [3.63, 3.8) is 0 Å². The molecule has 0 aliphatic rings. The SMILES string of the molecule is COCC(CCl)NCC(C)OC. The van der Waals surface area contributed by atoms with E-state index in [9.17, 15) is 0 Å². The highest BCUT2D eigenvalue weighted by Crippen LogP contribution is 1.91. The molecule has 0 fully saturated rings. The minimum Gasteiger partial charge on any atom is -0.383 e. The van der Waals surface area contributed by atoms with E-state index in [4.69, 9.17) is 21.1 Å². The van der Waals surface area contributed by atoms with Gasteiger partial charge in [-0.1, -0.05) is 0 Å². The quantitative estimate of drug-likeness (QED) is 0.612. The van der Waals surface area contributed by atoms with Gasteiger partial charge in [0.1, 0.15) is 0 Å². The zero-order valence-corrected chi connectivity index (χ0v) is 8.73. The van der Waals surface area contributed by atoms with E-state index in [0.717, 1.165) is 6.54 Å². The van der Waals surface area contributed by atoms with Crippen molar-refractivity contribution < 1.29 is 9.47 Å². The van der Waals surface area contributed by atoms with Crippen LogP contribution in [0.3, 0.4) is 0 Å². The normalized spacial score (nSPS) is 16.0. The van der Waals surface area contributed by atoms with Gasteiger partial charge in [0.2, 0.25) is 0 Å². The molecule has 0 amide bonds. The van der Waals surface area contributed by atoms with Crippen LogP contribution in [0, 0.1) is 0 Å². The Morgan fingerprint density at radius 1 is 1.42 bits per heavy atom. The molecular weight excluding hydrogens is 178 g/mol. The highest BCUT2D eigenvalue weighted by atomic mass is 35.5. The molecule has 2 unspecified atom stereocenters. The Hall–Kier alpha value is 0.170. The average molecular weight is 196 g/mol. The second-order valence-electron chi connectivity index (χ2n) is 2.76. The molecule has 0 saturated carbocycles. The first-order valence-corrected chi connectivity index (χ1v) is 4.59. The molecule has 0 aromatic carbocycles. The number of ether oxygens (including phenoxy) is 2. The van der Waals surface area contributed by atoms with Crippen molar-refractivity contribution >= 4 is 11.6 Å². The molecule has 0 aliphatic carbocycles. The maximum absolute atomic E-state index is 5.69. The van der Waals surface area contributed by atoms with Gasteiger partial charge in [0.25, 0.3) is 0 Å². The van der Waals surface area contributed by atoms with E-state index in [0.29, 0.717) is 12.5 Å². The Bertz CT molecular complexity index is 103. The van der Waals surface area contributed by atoms with Gasteiger partial charge in [0.15, 0.2) is 0 Å². The van der Waals surface area contributed by atoms with Crippen LogP contribution in [-0.2, 0) is 9.47 Å². The molecule has 0 rings (SSSR count). The molecule has 1 N–H and O–H groups in total. The Balaban J connectivity index is 3.43. The third-order valence-corrected chi connectivity index (χ3v) is 2.02. The van der Waals surface area contributed by atoms with E-state index in [1.165, 1.54) is 0 Å². The maximum Gasteiger partial charge on any atom is 0.0667 e. The third kappa shape index (κ3) is 5.77. The van der Waals surface area contributed by atoms with Gasteiger partial charge in [0, 0.05) is 32.7 Å². The van der Waals surface area contributed by atoms with Gasteiger partial charge in [-0.2, -0.15) is 0 Å². The van der Waals surface area contributed by atoms with Crippen molar-refractivity contribution in [2.75, 3.05) is 33.3 Å². The predicted octanol–water partition coefficient (Wildman–Crippen LogP) is 0.865. The van der Waals surface area contributed by atoms with Gasteiger partial charge < -0.3 is 14.8 Å². The monoisotopic (exact) mass is 195 g/mol. The molecule has 12 heavy (non-hydrogen) atoms. The first-order chi connectivity index (χ1) is 5.74. The van der Waals surface area contributed by atoms with Crippen molar-refractivity contribution in [3.05, 3.63) is 0 Å². The summed E-state index contributed by atoms with van der Waals surface area (Å²) in [6, 6.07) is 0.217. The van der Waals surface area contributed by atoms with Crippen LogP contribution in [0.1, 0.15) is 6.92 Å². The van der Waals surface area contributed by atoms with Crippen molar-refractivity contribution in [1.29, 1.82) is 0 Å². The van der Waals surface area contributed by atoms with Gasteiger partial charge in [-0.25, -0.2) is 0 Å². The Kier molecular flexibility index (Phi) is 7.91. The van der Waals surface area contributed by atoms with Gasteiger partial charge in [-0.15, -0.1) is 11.6 Å². The zero-order chi connectivity index (χ0) is 9.40. The first kappa shape index (κ1) is 12.2. The molecule has 74 valence electrons. The summed E-state index contributed by atoms with van der Waals surface area (Å²) >= 11 is 5.69. The lowest BCUT2D eigenvalue weighted by molar-refractivity contribution is 0.107. The predicted molar refractivity (Wildman–Crippen MR) is 50.9 cm³/mol. The summed E-state index contributed by atoms with van der Waals surface area (Å²) in [5, 5.41) is 3.24. The van der Waals surface area contributed by atoms with E-state index in [2.05, 4.69) is 5.32 Å². The van der Waals surface area contributed by atoms with Crippen molar-refractivity contribution in [3.8, 4) is 0 Å². The second-order valence-corrected chi connectivity index (χ2v) is 3.07. The van der Waals surface area contributed by atoms with E-state index < -0.39 is 0 Å². The van der Waals surface area contributed by atoms with Crippen LogP contribution in [0.2, 0.25) is 0 Å². The lowest BCUT2D eigenvalue weighted by Crippen LogP contribution is -2.39. The number of halogens is 1. The summed E-state index contributed by atoms with van der Waals surface area (Å²) in [6.45, 7) is 3.45. The zero-order valence-electron chi connectivity index (χ0n) is 7.97. The largest absolute Gasteiger partial charge is 0.383 e. The third-order valence-electron chi connectivity index (χ3n) is 1.65. The molecule has 0 aromatic heterocycles. The summed E-state index contributed by atoms with van der Waals surface area (Å²) in [6.07, 6.45) is 0.215. The van der Waals surface area contributed by atoms with Gasteiger partial charge in [0.05, 0.1) is 12.7 Å². The Morgan fingerprint density at radius 2 is 2.08 bits per heavy atom. The summed E-state index contributed by atoms with van der Waals surface area (Å²) in [5.41, 5.74) is 0. The van der Waals surface area contributed by atoms with E-state index in [-0.39, 0.29) is 12.1 Å². The molecule has 2 atom stereocenters. The van der Waals surface area contributed by atoms with E-state index in [1.807, 2.05) is 6.92 Å². The van der Waals surface area contributed by atoms with Crippen molar-refractivity contribution in [2.45, 2.75) is 19.1 Å². The number of rotatable bonds is 7. The standard InChI is InChI=1S/C8H18ClNO2/c1-7(12-3)5-10-8(4-9)6-11-2/h7-8,10H,4-6H2,1-3H3. The lowest BCUT2D eigenvalue weighted by Gasteiger charge is -2.17. The summed E-state index contributed by atoms with van der Waals surface area (Å²) in [5.74, 6) is 0.560. The fraction of sp³-hybridized carbons (Fsp3) is 1.00. The van der Waals surface area contributed by atoms with E-state index >= 15 is 0 Å². The molecule has 0 bridgehead atoms. The first-order valence-electron chi connectivity index (χ1n) is 4.05. The fourth-order valence-corrected chi connectivity index (χ4v) is 0.973. The maximum atomic E-state index is 5.69. The minimum absolute atomic E-state index is 0.215. The molecule has 0 spiro atoms. The van der Waals surface area contributed by atoms with Crippen molar-refractivity contribution in [2.24, 2.45) is 0 Å². The molecule has 0 radical (unpaired) electrons. The highest BCUT2D eigenvalue weighted by Gasteiger charge is 2.07. The van der Waals surface area contributed by atoms with Crippen molar-refractivity contribution in [1.82, 2.24) is 5.32 Å². The van der Waals surface area contributed by atoms with Gasteiger partial charge in [-0.05, 0) is 6.92 Å². The summed E-state index contributed by atoms with van der Waals surface area (Å²) in [4.78, 5) is 0. The van der Waals surface area contributed by atoms with Crippen LogP contribution in [-0.4, -0.2) is 45.4 Å². The van der Waals surface area contributed by atoms with E-state index in [1.54, 1.807) is 14.2 Å². The Morgan fingerprint density at radius 3 is 2.50 bits per heavy atom.